The Morgan fingerprint density at radius 2 is 1.75 bits per heavy atom. The Morgan fingerprint density at radius 3 is 2.25 bits per heavy atom. The highest BCUT2D eigenvalue weighted by atomic mass is 16.2. The summed E-state index contributed by atoms with van der Waals surface area (Å²) in [6, 6.07) is -0.827. The number of primary amides is 1. The van der Waals surface area contributed by atoms with Gasteiger partial charge in [-0.1, -0.05) is 13.8 Å². The summed E-state index contributed by atoms with van der Waals surface area (Å²) in [4.78, 5) is 21.8. The molecule has 16 heavy (non-hydrogen) atoms. The first kappa shape index (κ1) is 14.7. The zero-order valence-corrected chi connectivity index (χ0v) is 10.2. The van der Waals surface area contributed by atoms with Gasteiger partial charge in [-0.05, 0) is 12.8 Å². The maximum atomic E-state index is 11.5. The first-order chi connectivity index (χ1) is 7.43. The van der Waals surface area contributed by atoms with E-state index in [0.717, 1.165) is 0 Å². The molecule has 0 saturated heterocycles. The van der Waals surface area contributed by atoms with Gasteiger partial charge in [-0.25, -0.2) is 4.79 Å². The highest BCUT2D eigenvalue weighted by Gasteiger charge is 2.11. The van der Waals surface area contributed by atoms with Crippen LogP contribution in [0.15, 0.2) is 0 Å². The fraction of sp³-hybridized carbons (Fsp3) is 0.800. The fourth-order valence-corrected chi connectivity index (χ4v) is 1.02. The van der Waals surface area contributed by atoms with Crippen molar-refractivity contribution in [1.29, 1.82) is 0 Å². The molecule has 0 aromatic rings. The Bertz CT molecular complexity index is 231. The Morgan fingerprint density at radius 1 is 1.12 bits per heavy atom. The van der Waals surface area contributed by atoms with Gasteiger partial charge in [0, 0.05) is 19.6 Å². The van der Waals surface area contributed by atoms with Crippen LogP contribution in [0.5, 0.6) is 0 Å². The lowest BCUT2D eigenvalue weighted by Gasteiger charge is -2.15. The molecule has 0 saturated carbocycles. The van der Waals surface area contributed by atoms with Gasteiger partial charge in [0.25, 0.3) is 0 Å². The van der Waals surface area contributed by atoms with Gasteiger partial charge >= 0.3 is 6.03 Å². The largest absolute Gasteiger partial charge is 0.354 e. The van der Waals surface area contributed by atoms with Gasteiger partial charge in [-0.2, -0.15) is 0 Å². The standard InChI is InChI=1S/C10H22N4O2/c1-7(2)6-14-9(15)8(3)12-4-5-13-10(11)16/h7-8,12H,4-6H2,1-3H3,(H,14,15)(H3,11,13,16). The number of nitrogens with two attached hydrogens (primary N) is 1. The first-order valence-corrected chi connectivity index (χ1v) is 5.48. The molecule has 1 atom stereocenters. The van der Waals surface area contributed by atoms with E-state index >= 15 is 0 Å². The van der Waals surface area contributed by atoms with Crippen molar-refractivity contribution in [3.8, 4) is 0 Å². The molecule has 0 aliphatic rings. The monoisotopic (exact) mass is 230 g/mol. The molecular weight excluding hydrogens is 208 g/mol. The van der Waals surface area contributed by atoms with Crippen molar-refractivity contribution < 1.29 is 9.59 Å². The van der Waals surface area contributed by atoms with E-state index < -0.39 is 6.03 Å². The molecule has 6 heteroatoms. The maximum absolute atomic E-state index is 11.5. The van der Waals surface area contributed by atoms with Gasteiger partial charge in [0.2, 0.25) is 5.91 Å². The Labute approximate surface area is 96.3 Å². The van der Waals surface area contributed by atoms with Crippen molar-refractivity contribution >= 4 is 11.9 Å². The second-order valence-corrected chi connectivity index (χ2v) is 4.11. The number of hydrogen-bond donors (Lipinski definition) is 4. The molecule has 0 aliphatic heterocycles. The second-order valence-electron chi connectivity index (χ2n) is 4.11. The fourth-order valence-electron chi connectivity index (χ4n) is 1.02. The van der Waals surface area contributed by atoms with Crippen LogP contribution in [0, 0.1) is 5.92 Å². The van der Waals surface area contributed by atoms with E-state index in [4.69, 9.17) is 5.73 Å². The first-order valence-electron chi connectivity index (χ1n) is 5.48. The minimum Gasteiger partial charge on any atom is -0.354 e. The van der Waals surface area contributed by atoms with Crippen LogP contribution in [-0.2, 0) is 4.79 Å². The third kappa shape index (κ3) is 8.05. The lowest BCUT2D eigenvalue weighted by molar-refractivity contribution is -0.122. The number of urea groups is 1. The normalized spacial score (nSPS) is 12.2. The second kappa shape index (κ2) is 7.92. The van der Waals surface area contributed by atoms with Crippen molar-refractivity contribution in [2.75, 3.05) is 19.6 Å². The van der Waals surface area contributed by atoms with Crippen molar-refractivity contribution in [1.82, 2.24) is 16.0 Å². The predicted octanol–water partition coefficient (Wildman–Crippen LogP) is -0.595. The lowest BCUT2D eigenvalue weighted by atomic mass is 10.2. The molecule has 0 aromatic carbocycles. The van der Waals surface area contributed by atoms with Crippen LogP contribution in [0.4, 0.5) is 4.79 Å². The summed E-state index contributed by atoms with van der Waals surface area (Å²) in [5.41, 5.74) is 4.89. The quantitative estimate of drug-likeness (QED) is 0.440. The molecule has 0 aromatic heterocycles. The van der Waals surface area contributed by atoms with Crippen molar-refractivity contribution in [2.45, 2.75) is 26.8 Å². The topological polar surface area (TPSA) is 96.2 Å². The van der Waals surface area contributed by atoms with E-state index in [1.807, 2.05) is 13.8 Å². The van der Waals surface area contributed by atoms with Gasteiger partial charge in [-0.3, -0.25) is 4.79 Å². The number of nitrogens with one attached hydrogen (secondary N) is 3. The number of carbonyl (C=O) groups excluding carboxylic acids is 2. The molecule has 0 heterocycles. The number of hydrogen-bond acceptors (Lipinski definition) is 3. The van der Waals surface area contributed by atoms with Crippen LogP contribution in [0.3, 0.4) is 0 Å². The van der Waals surface area contributed by atoms with E-state index in [2.05, 4.69) is 16.0 Å². The number of carbonyl (C=O) groups is 2. The molecule has 0 radical (unpaired) electrons. The zero-order chi connectivity index (χ0) is 12.6. The zero-order valence-electron chi connectivity index (χ0n) is 10.2. The van der Waals surface area contributed by atoms with Crippen LogP contribution < -0.4 is 21.7 Å². The molecular formula is C10H22N4O2. The molecule has 1 unspecified atom stereocenters. The van der Waals surface area contributed by atoms with Crippen LogP contribution in [0.2, 0.25) is 0 Å². The van der Waals surface area contributed by atoms with Crippen LogP contribution in [0.25, 0.3) is 0 Å². The molecule has 6 nitrogen and oxygen atoms in total. The molecule has 0 spiro atoms. The van der Waals surface area contributed by atoms with E-state index in [1.165, 1.54) is 0 Å². The molecule has 0 aliphatic carbocycles. The minimum atomic E-state index is -0.557. The molecule has 94 valence electrons. The summed E-state index contributed by atoms with van der Waals surface area (Å²) in [5.74, 6) is 0.403. The summed E-state index contributed by atoms with van der Waals surface area (Å²) >= 11 is 0. The van der Waals surface area contributed by atoms with Gasteiger partial charge in [-0.15, -0.1) is 0 Å². The Hall–Kier alpha value is -1.30. The van der Waals surface area contributed by atoms with Gasteiger partial charge in [0.1, 0.15) is 0 Å². The van der Waals surface area contributed by atoms with Crippen molar-refractivity contribution in [3.05, 3.63) is 0 Å². The number of rotatable bonds is 7. The molecule has 0 rings (SSSR count). The molecule has 0 fully saturated rings. The average molecular weight is 230 g/mol. The SMILES string of the molecule is CC(C)CNC(=O)C(C)NCCNC(N)=O. The van der Waals surface area contributed by atoms with Crippen LogP contribution in [-0.4, -0.2) is 37.6 Å². The summed E-state index contributed by atoms with van der Waals surface area (Å²) in [6.07, 6.45) is 0. The van der Waals surface area contributed by atoms with E-state index in [9.17, 15) is 9.59 Å². The number of amides is 3. The molecule has 0 bridgehead atoms. The van der Waals surface area contributed by atoms with Crippen molar-refractivity contribution in [3.63, 3.8) is 0 Å². The summed E-state index contributed by atoms with van der Waals surface area (Å²) in [5, 5.41) is 8.23. The summed E-state index contributed by atoms with van der Waals surface area (Å²) < 4.78 is 0. The Kier molecular flexibility index (Phi) is 7.28. The summed E-state index contributed by atoms with van der Waals surface area (Å²) in [6.45, 7) is 7.45. The third-order valence-electron chi connectivity index (χ3n) is 1.95. The molecule has 3 amide bonds. The lowest BCUT2D eigenvalue weighted by Crippen LogP contribution is -2.46. The van der Waals surface area contributed by atoms with Crippen LogP contribution in [0.1, 0.15) is 20.8 Å². The maximum Gasteiger partial charge on any atom is 0.312 e. The van der Waals surface area contributed by atoms with E-state index in [-0.39, 0.29) is 11.9 Å². The third-order valence-corrected chi connectivity index (χ3v) is 1.95. The summed E-state index contributed by atoms with van der Waals surface area (Å²) in [7, 11) is 0. The minimum absolute atomic E-state index is 0.0345. The van der Waals surface area contributed by atoms with Gasteiger partial charge in [0.15, 0.2) is 0 Å². The van der Waals surface area contributed by atoms with Gasteiger partial charge < -0.3 is 21.7 Å². The smallest absolute Gasteiger partial charge is 0.312 e. The molecule has 5 N–H and O–H groups in total. The van der Waals surface area contributed by atoms with Crippen molar-refractivity contribution in [2.24, 2.45) is 11.7 Å². The van der Waals surface area contributed by atoms with Gasteiger partial charge in [0.05, 0.1) is 6.04 Å². The predicted molar refractivity (Wildman–Crippen MR) is 62.9 cm³/mol. The van der Waals surface area contributed by atoms with E-state index in [0.29, 0.717) is 25.6 Å². The van der Waals surface area contributed by atoms with E-state index in [1.54, 1.807) is 6.92 Å². The Balaban J connectivity index is 3.59. The van der Waals surface area contributed by atoms with Crippen LogP contribution >= 0.6 is 0 Å². The highest BCUT2D eigenvalue weighted by molar-refractivity contribution is 5.81. The average Bonchev–Trinajstić information content (AvgIpc) is 2.20. The highest BCUT2D eigenvalue weighted by Crippen LogP contribution is 1.88.